The van der Waals surface area contributed by atoms with E-state index in [-0.39, 0.29) is 53.9 Å². The van der Waals surface area contributed by atoms with Gasteiger partial charge in [-0.15, -0.1) is 0 Å². The SMILES string of the molecule is CC1=C(CO)C(=O)O[C@@H]([C@@H](C)[C@H]2CC[C@H]3[C@@H]4C[C@H]5O[C@]56[C@H](N5CCCC5)C=C(c5cccc(C)n5)C(=O)[C@]6(C)[C@H]4CC[C@]23C)C1. The Labute approximate surface area is 267 Å². The van der Waals surface area contributed by atoms with Crippen molar-refractivity contribution >= 4 is 17.3 Å². The summed E-state index contributed by atoms with van der Waals surface area (Å²) in [4.78, 5) is 35.2. The third-order valence-electron chi connectivity index (χ3n) is 14.4. The van der Waals surface area contributed by atoms with Gasteiger partial charge in [0.1, 0.15) is 11.7 Å². The molecule has 1 spiro atoms. The van der Waals surface area contributed by atoms with Gasteiger partial charge in [-0.05, 0) is 126 Å². The van der Waals surface area contributed by atoms with Gasteiger partial charge >= 0.3 is 5.97 Å². The number of ketones is 1. The van der Waals surface area contributed by atoms with Crippen molar-refractivity contribution in [2.75, 3.05) is 19.7 Å². The highest BCUT2D eigenvalue weighted by Gasteiger charge is 2.81. The summed E-state index contributed by atoms with van der Waals surface area (Å²) in [7, 11) is 0. The summed E-state index contributed by atoms with van der Waals surface area (Å²) in [5.74, 6) is 1.83. The summed E-state index contributed by atoms with van der Waals surface area (Å²) in [6.45, 7) is 12.9. The molecule has 7 heteroatoms. The summed E-state index contributed by atoms with van der Waals surface area (Å²) in [6.07, 6.45) is 10.8. The minimum Gasteiger partial charge on any atom is -0.458 e. The second-order valence-corrected chi connectivity index (χ2v) is 16.1. The van der Waals surface area contributed by atoms with E-state index in [0.717, 1.165) is 67.7 Å². The Morgan fingerprint density at radius 3 is 2.58 bits per heavy atom. The number of carbonyl (C=O) groups is 2. The monoisotopic (exact) mass is 614 g/mol. The largest absolute Gasteiger partial charge is 0.458 e. The Morgan fingerprint density at radius 2 is 1.87 bits per heavy atom. The normalized spacial score (nSPS) is 44.8. The molecule has 1 N–H and O–H groups in total. The van der Waals surface area contributed by atoms with E-state index in [2.05, 4.69) is 31.7 Å². The average Bonchev–Trinajstić information content (AvgIpc) is 3.32. The lowest BCUT2D eigenvalue weighted by atomic mass is 9.43. The van der Waals surface area contributed by atoms with E-state index in [0.29, 0.717) is 29.7 Å². The Bertz CT molecular complexity index is 1490. The molecular formula is C38H50N2O5. The molecule has 242 valence electrons. The van der Waals surface area contributed by atoms with Gasteiger partial charge in [0.05, 0.1) is 35.4 Å². The van der Waals surface area contributed by atoms with Crippen LogP contribution in [0.15, 0.2) is 35.4 Å². The van der Waals surface area contributed by atoms with Crippen molar-refractivity contribution in [2.45, 2.75) is 110 Å². The van der Waals surface area contributed by atoms with Crippen LogP contribution in [0.2, 0.25) is 0 Å². The first-order chi connectivity index (χ1) is 21.5. The first kappa shape index (κ1) is 30.0. The quantitative estimate of drug-likeness (QED) is 0.337. The second kappa shape index (κ2) is 10.3. The smallest absolute Gasteiger partial charge is 0.336 e. The molecule has 0 amide bonds. The molecule has 3 aliphatic heterocycles. The van der Waals surface area contributed by atoms with Crippen LogP contribution < -0.4 is 0 Å². The topological polar surface area (TPSA) is 92.3 Å². The molecule has 7 nitrogen and oxygen atoms in total. The van der Waals surface area contributed by atoms with E-state index in [1.807, 2.05) is 32.0 Å². The van der Waals surface area contributed by atoms with Crippen molar-refractivity contribution in [1.29, 1.82) is 0 Å². The van der Waals surface area contributed by atoms with Gasteiger partial charge in [0.2, 0.25) is 0 Å². The fourth-order valence-corrected chi connectivity index (χ4v) is 12.1. The number of allylic oxidation sites excluding steroid dienone is 1. The van der Waals surface area contributed by atoms with Crippen LogP contribution in [0.25, 0.3) is 5.57 Å². The fraction of sp³-hybridized carbons (Fsp3) is 0.711. The Balaban J connectivity index is 1.13. The van der Waals surface area contributed by atoms with Gasteiger partial charge in [0, 0.05) is 17.7 Å². The number of epoxide rings is 1. The number of fused-ring (bicyclic) bond motifs is 4. The van der Waals surface area contributed by atoms with Gasteiger partial charge in [-0.25, -0.2) is 4.79 Å². The van der Waals surface area contributed by atoms with Gasteiger partial charge < -0.3 is 14.6 Å². The second-order valence-electron chi connectivity index (χ2n) is 16.1. The minimum absolute atomic E-state index is 0.108. The van der Waals surface area contributed by atoms with E-state index in [1.165, 1.54) is 12.8 Å². The molecule has 2 saturated heterocycles. The van der Waals surface area contributed by atoms with Crippen molar-refractivity contribution < 1.29 is 24.2 Å². The van der Waals surface area contributed by atoms with Crippen molar-refractivity contribution in [3.63, 3.8) is 0 Å². The predicted molar refractivity (Wildman–Crippen MR) is 171 cm³/mol. The number of pyridine rings is 1. The van der Waals surface area contributed by atoms with E-state index in [9.17, 15) is 9.90 Å². The van der Waals surface area contributed by atoms with Gasteiger partial charge in [-0.2, -0.15) is 0 Å². The number of hydrogen-bond acceptors (Lipinski definition) is 7. The first-order valence-corrected chi connectivity index (χ1v) is 17.7. The van der Waals surface area contributed by atoms with Gasteiger partial charge in [0.25, 0.3) is 0 Å². The number of Topliss-reactive ketones (excluding diaryl/α,β-unsaturated/α-hetero) is 1. The third-order valence-corrected chi connectivity index (χ3v) is 14.4. The van der Waals surface area contributed by atoms with Crippen LogP contribution in [0.3, 0.4) is 0 Å². The molecule has 0 unspecified atom stereocenters. The number of aryl methyl sites for hydroxylation is 1. The number of hydrogen-bond donors (Lipinski definition) is 1. The van der Waals surface area contributed by atoms with Crippen molar-refractivity contribution in [3.05, 3.63) is 46.8 Å². The van der Waals surface area contributed by atoms with Crippen LogP contribution >= 0.6 is 0 Å². The number of ether oxygens (including phenoxy) is 2. The lowest BCUT2D eigenvalue weighted by molar-refractivity contribution is -0.154. The molecule has 7 aliphatic rings. The third kappa shape index (κ3) is 4.02. The van der Waals surface area contributed by atoms with Gasteiger partial charge in [0.15, 0.2) is 5.78 Å². The molecule has 1 aromatic heterocycles. The van der Waals surface area contributed by atoms with Gasteiger partial charge in [-0.3, -0.25) is 14.7 Å². The minimum atomic E-state index is -0.587. The number of likely N-dealkylation sites (tertiary alicyclic amines) is 1. The Kier molecular flexibility index (Phi) is 6.89. The molecule has 1 aromatic rings. The number of carbonyl (C=O) groups excluding carboxylic acids is 2. The summed E-state index contributed by atoms with van der Waals surface area (Å²) >= 11 is 0. The molecular weight excluding hydrogens is 564 g/mol. The summed E-state index contributed by atoms with van der Waals surface area (Å²) < 4.78 is 12.9. The highest BCUT2D eigenvalue weighted by atomic mass is 16.6. The number of rotatable bonds is 5. The molecule has 0 aromatic carbocycles. The van der Waals surface area contributed by atoms with E-state index >= 15 is 4.79 Å². The first-order valence-electron chi connectivity index (χ1n) is 17.7. The van der Waals surface area contributed by atoms with Crippen LogP contribution in [0, 0.1) is 47.3 Å². The van der Waals surface area contributed by atoms with Crippen LogP contribution in [0.1, 0.15) is 90.4 Å². The predicted octanol–water partition coefficient (Wildman–Crippen LogP) is 5.69. The molecule has 11 atom stereocenters. The maximum absolute atomic E-state index is 15.0. The zero-order valence-corrected chi connectivity index (χ0v) is 27.7. The lowest BCUT2D eigenvalue weighted by Gasteiger charge is -2.59. The van der Waals surface area contributed by atoms with E-state index in [4.69, 9.17) is 14.5 Å². The number of aromatic nitrogens is 1. The maximum atomic E-state index is 15.0. The number of aliphatic hydroxyl groups is 1. The van der Waals surface area contributed by atoms with Crippen LogP contribution in [-0.4, -0.2) is 70.3 Å². The lowest BCUT2D eigenvalue weighted by Crippen LogP contribution is -2.66. The average molecular weight is 615 g/mol. The number of cyclic esters (lactones) is 1. The molecule has 3 saturated carbocycles. The Hall–Kier alpha value is -2.35. The highest BCUT2D eigenvalue weighted by Crippen LogP contribution is 2.74. The number of nitrogens with zero attached hydrogens (tertiary/aromatic N) is 2. The van der Waals surface area contributed by atoms with Crippen molar-refractivity contribution in [2.24, 2.45) is 40.4 Å². The number of aliphatic hydroxyl groups excluding tert-OH is 1. The summed E-state index contributed by atoms with van der Waals surface area (Å²) in [5.41, 5.74) is 3.05. The molecule has 8 rings (SSSR count). The molecule has 4 heterocycles. The zero-order chi connectivity index (χ0) is 31.5. The molecule has 0 radical (unpaired) electrons. The molecule has 5 fully saturated rings. The summed E-state index contributed by atoms with van der Waals surface area (Å²) in [6, 6.07) is 6.16. The van der Waals surface area contributed by atoms with Crippen LogP contribution in [0.4, 0.5) is 0 Å². The molecule has 0 bridgehead atoms. The fourth-order valence-electron chi connectivity index (χ4n) is 12.1. The maximum Gasteiger partial charge on any atom is 0.336 e. The molecule has 4 aliphatic carbocycles. The van der Waals surface area contributed by atoms with Crippen LogP contribution in [0.5, 0.6) is 0 Å². The standard InChI is InChI=1S/C38H50N2O5/c1-21-17-31(44-35(43)26(21)20-41)23(3)27-11-12-28-24-19-33-38(45-33)32(40-15-6-7-16-40)18-25(30-10-8-9-22(2)39-30)34(42)37(38,5)29(24)13-14-36(27,28)4/h8-10,18,23-24,27-29,31-33,41H,6-7,11-17,19-20H2,1-5H3/t23-,24-,27+,28-,29-,31+,32+,33+,36+,37-,38+/m0/s1. The Morgan fingerprint density at radius 1 is 1.09 bits per heavy atom. The van der Waals surface area contributed by atoms with Crippen LogP contribution in [-0.2, 0) is 19.1 Å². The van der Waals surface area contributed by atoms with E-state index in [1.54, 1.807) is 0 Å². The molecule has 45 heavy (non-hydrogen) atoms. The van der Waals surface area contributed by atoms with Crippen molar-refractivity contribution in [1.82, 2.24) is 9.88 Å². The highest BCUT2D eigenvalue weighted by molar-refractivity contribution is 6.24. The number of esters is 1. The zero-order valence-electron chi connectivity index (χ0n) is 27.7. The van der Waals surface area contributed by atoms with E-state index < -0.39 is 11.0 Å². The summed E-state index contributed by atoms with van der Waals surface area (Å²) in [5, 5.41) is 9.69. The van der Waals surface area contributed by atoms with Crippen molar-refractivity contribution in [3.8, 4) is 0 Å². The van der Waals surface area contributed by atoms with Gasteiger partial charge in [-0.1, -0.05) is 31.6 Å².